The summed E-state index contributed by atoms with van der Waals surface area (Å²) < 4.78 is 0. The summed E-state index contributed by atoms with van der Waals surface area (Å²) in [5.41, 5.74) is 13.7. The fourth-order valence-corrected chi connectivity index (χ4v) is 8.88. The summed E-state index contributed by atoms with van der Waals surface area (Å²) in [5, 5.41) is 15.3. The Bertz CT molecular complexity index is 3570. The van der Waals surface area contributed by atoms with Crippen molar-refractivity contribution in [2.24, 2.45) is 0 Å². The van der Waals surface area contributed by atoms with Crippen LogP contribution in [0.25, 0.3) is 111 Å². The van der Waals surface area contributed by atoms with Crippen LogP contribution in [0.15, 0.2) is 231 Å². The van der Waals surface area contributed by atoms with Gasteiger partial charge in [0.1, 0.15) is 0 Å². The van der Waals surface area contributed by atoms with Gasteiger partial charge < -0.3 is 0 Å². The van der Waals surface area contributed by atoms with E-state index in [-0.39, 0.29) is 0 Å². The molecule has 0 aliphatic rings. The molecule has 4 nitrogen and oxygen atoms in total. The lowest BCUT2D eigenvalue weighted by Crippen LogP contribution is -2.02. The number of aromatic nitrogens is 3. The van der Waals surface area contributed by atoms with Crippen LogP contribution < -0.4 is 0 Å². The van der Waals surface area contributed by atoms with Crippen molar-refractivity contribution in [1.82, 2.24) is 15.0 Å². The van der Waals surface area contributed by atoms with Crippen LogP contribution in [-0.2, 0) is 0 Å². The quantitative estimate of drug-likeness (QED) is 0.143. The molecule has 0 spiro atoms. The fourth-order valence-electron chi connectivity index (χ4n) is 8.88. The largest absolute Gasteiger partial charge is 0.208 e. The lowest BCUT2D eigenvalue weighted by atomic mass is 9.90. The van der Waals surface area contributed by atoms with E-state index in [2.05, 4.69) is 176 Å². The average Bonchev–Trinajstić information content (AvgIpc) is 3.38. The summed E-state index contributed by atoms with van der Waals surface area (Å²) in [6.45, 7) is 0. The highest BCUT2D eigenvalue weighted by molar-refractivity contribution is 6.14. The molecule has 11 rings (SSSR count). The molecule has 0 N–H and O–H groups in total. The molecule has 0 aliphatic carbocycles. The molecule has 0 amide bonds. The molecule has 0 fully saturated rings. The van der Waals surface area contributed by atoms with Gasteiger partial charge in [0.05, 0.1) is 11.6 Å². The third kappa shape index (κ3) is 7.18. The van der Waals surface area contributed by atoms with E-state index in [0.29, 0.717) is 23.0 Å². The van der Waals surface area contributed by atoms with E-state index in [0.717, 1.165) is 66.8 Å². The van der Waals surface area contributed by atoms with Crippen molar-refractivity contribution in [3.05, 3.63) is 236 Å². The third-order valence-corrected chi connectivity index (χ3v) is 12.0. The van der Waals surface area contributed by atoms with E-state index in [1.807, 2.05) is 60.7 Å². The molecule has 1 heterocycles. The zero-order valence-corrected chi connectivity index (χ0v) is 34.7. The standard InChI is InChI=1S/C60H38N4/c61-39-48-34-33-43(37-56(48)45-24-16-25-46(36-45)57-38-47-21-7-8-27-50(47)52-29-11-12-30-53(52)57)42-22-15-23-44(35-42)51-28-10-14-32-55(51)60-63-58(41-19-5-2-6-20-41)62-59(64-60)54-31-13-9-26-49(54)40-17-3-1-4-18-40/h1-38H. The molecule has 0 bridgehead atoms. The van der Waals surface area contributed by atoms with Crippen molar-refractivity contribution < 1.29 is 0 Å². The van der Waals surface area contributed by atoms with Crippen molar-refractivity contribution in [1.29, 1.82) is 5.26 Å². The highest BCUT2D eigenvalue weighted by atomic mass is 15.0. The first-order valence-electron chi connectivity index (χ1n) is 21.4. The van der Waals surface area contributed by atoms with Crippen molar-refractivity contribution in [2.45, 2.75) is 0 Å². The minimum Gasteiger partial charge on any atom is -0.208 e. The Morgan fingerprint density at radius 2 is 0.719 bits per heavy atom. The van der Waals surface area contributed by atoms with Gasteiger partial charge in [-0.2, -0.15) is 5.26 Å². The monoisotopic (exact) mass is 814 g/mol. The van der Waals surface area contributed by atoms with Crippen LogP contribution >= 0.6 is 0 Å². The zero-order valence-electron chi connectivity index (χ0n) is 34.7. The Balaban J connectivity index is 1.00. The lowest BCUT2D eigenvalue weighted by Gasteiger charge is -2.15. The topological polar surface area (TPSA) is 62.5 Å². The maximum atomic E-state index is 10.4. The van der Waals surface area contributed by atoms with Gasteiger partial charge in [-0.3, -0.25) is 0 Å². The predicted molar refractivity (Wildman–Crippen MR) is 263 cm³/mol. The maximum absolute atomic E-state index is 10.4. The van der Waals surface area contributed by atoms with E-state index < -0.39 is 0 Å². The van der Waals surface area contributed by atoms with Crippen LogP contribution in [-0.4, -0.2) is 15.0 Å². The fraction of sp³-hybridized carbons (Fsp3) is 0. The molecule has 10 aromatic carbocycles. The Morgan fingerprint density at radius 3 is 1.39 bits per heavy atom. The molecular formula is C60H38N4. The second kappa shape index (κ2) is 16.6. The molecule has 0 unspecified atom stereocenters. The van der Waals surface area contributed by atoms with E-state index in [4.69, 9.17) is 15.0 Å². The molecule has 4 heteroatoms. The molecule has 0 atom stereocenters. The number of hydrogen-bond acceptors (Lipinski definition) is 4. The summed E-state index contributed by atoms with van der Waals surface area (Å²) in [5.74, 6) is 1.80. The molecule has 11 aromatic rings. The van der Waals surface area contributed by atoms with E-state index >= 15 is 0 Å². The molecule has 1 aromatic heterocycles. The summed E-state index contributed by atoms with van der Waals surface area (Å²) in [7, 11) is 0. The predicted octanol–water partition coefficient (Wildman–Crippen LogP) is 15.4. The van der Waals surface area contributed by atoms with Gasteiger partial charge in [-0.1, -0.05) is 200 Å². The van der Waals surface area contributed by atoms with E-state index in [9.17, 15) is 5.26 Å². The van der Waals surface area contributed by atoms with Crippen LogP contribution in [0.1, 0.15) is 5.56 Å². The highest BCUT2D eigenvalue weighted by Crippen LogP contribution is 2.40. The second-order valence-electron chi connectivity index (χ2n) is 15.9. The second-order valence-corrected chi connectivity index (χ2v) is 15.9. The van der Waals surface area contributed by atoms with Gasteiger partial charge in [0.25, 0.3) is 0 Å². The number of nitriles is 1. The summed E-state index contributed by atoms with van der Waals surface area (Å²) >= 11 is 0. The van der Waals surface area contributed by atoms with E-state index in [1.165, 1.54) is 27.1 Å². The minimum absolute atomic E-state index is 0.590. The van der Waals surface area contributed by atoms with E-state index in [1.54, 1.807) is 0 Å². The number of hydrogen-bond donors (Lipinski definition) is 0. The molecule has 64 heavy (non-hydrogen) atoms. The minimum atomic E-state index is 0.590. The number of rotatable bonds is 8. The van der Waals surface area contributed by atoms with Crippen LogP contribution in [0.2, 0.25) is 0 Å². The Kier molecular flexibility index (Phi) is 9.89. The van der Waals surface area contributed by atoms with Crippen LogP contribution in [0, 0.1) is 11.3 Å². The number of nitrogens with zero attached hydrogens (tertiary/aromatic N) is 4. The summed E-state index contributed by atoms with van der Waals surface area (Å²) in [6, 6.07) is 82.2. The Morgan fingerprint density at radius 1 is 0.266 bits per heavy atom. The van der Waals surface area contributed by atoms with Gasteiger partial charge >= 0.3 is 0 Å². The normalized spacial score (nSPS) is 11.1. The van der Waals surface area contributed by atoms with Crippen LogP contribution in [0.5, 0.6) is 0 Å². The molecular weight excluding hydrogens is 777 g/mol. The van der Waals surface area contributed by atoms with Gasteiger partial charge in [0.15, 0.2) is 17.5 Å². The van der Waals surface area contributed by atoms with Crippen molar-refractivity contribution >= 4 is 21.5 Å². The van der Waals surface area contributed by atoms with Crippen molar-refractivity contribution in [2.75, 3.05) is 0 Å². The van der Waals surface area contributed by atoms with Crippen molar-refractivity contribution in [3.8, 4) is 95.9 Å². The van der Waals surface area contributed by atoms with Gasteiger partial charge in [0, 0.05) is 22.3 Å². The molecule has 0 aliphatic heterocycles. The molecule has 0 saturated carbocycles. The van der Waals surface area contributed by atoms with Crippen molar-refractivity contribution in [3.63, 3.8) is 0 Å². The Hall–Kier alpha value is -8.78. The lowest BCUT2D eigenvalue weighted by molar-refractivity contribution is 1.07. The van der Waals surface area contributed by atoms with Crippen LogP contribution in [0.3, 0.4) is 0 Å². The third-order valence-electron chi connectivity index (χ3n) is 12.0. The van der Waals surface area contributed by atoms with Gasteiger partial charge in [-0.05, 0) is 102 Å². The maximum Gasteiger partial charge on any atom is 0.164 e. The molecule has 0 saturated heterocycles. The smallest absolute Gasteiger partial charge is 0.164 e. The molecule has 0 radical (unpaired) electrons. The van der Waals surface area contributed by atoms with Gasteiger partial charge in [0.2, 0.25) is 0 Å². The average molecular weight is 815 g/mol. The summed E-state index contributed by atoms with van der Waals surface area (Å²) in [6.07, 6.45) is 0. The highest BCUT2D eigenvalue weighted by Gasteiger charge is 2.19. The zero-order chi connectivity index (χ0) is 42.8. The first kappa shape index (κ1) is 38.2. The number of benzene rings is 10. The van der Waals surface area contributed by atoms with Gasteiger partial charge in [-0.15, -0.1) is 0 Å². The molecule has 298 valence electrons. The first-order valence-corrected chi connectivity index (χ1v) is 21.4. The first-order chi connectivity index (χ1) is 31.7. The SMILES string of the molecule is N#Cc1ccc(-c2cccc(-c3ccccc3-c3nc(-c4ccccc4)nc(-c4ccccc4-c4ccccc4)n3)c2)cc1-c1cccc(-c2cc3ccccc3c3ccccc23)c1. The Labute approximate surface area is 372 Å². The summed E-state index contributed by atoms with van der Waals surface area (Å²) in [4.78, 5) is 15.5. The van der Waals surface area contributed by atoms with Crippen LogP contribution in [0.4, 0.5) is 0 Å². The number of fused-ring (bicyclic) bond motifs is 3. The van der Waals surface area contributed by atoms with Gasteiger partial charge in [-0.25, -0.2) is 15.0 Å².